The number of benzene rings is 2. The fraction of sp³-hybridized carbons (Fsp3) is 0.556. The Labute approximate surface area is 291 Å². The first-order valence-corrected chi connectivity index (χ1v) is 19.1. The van der Waals surface area contributed by atoms with Crippen molar-refractivity contribution >= 4 is 39.0 Å². The monoisotopic (exact) mass is 721 g/mol. The molecule has 1 saturated carbocycles. The molecule has 5 atom stereocenters. The lowest BCUT2D eigenvalue weighted by atomic mass is 9.68. The lowest BCUT2D eigenvalue weighted by Gasteiger charge is -2.46. The number of alkyl halides is 3. The van der Waals surface area contributed by atoms with Crippen molar-refractivity contribution in [1.82, 2.24) is 4.72 Å². The third-order valence-electron chi connectivity index (χ3n) is 10.4. The fourth-order valence-corrected chi connectivity index (χ4v) is 9.61. The Bertz CT molecular complexity index is 1730. The molecule has 2 aliphatic carbocycles. The maximum atomic E-state index is 14.0. The van der Waals surface area contributed by atoms with Crippen molar-refractivity contribution < 1.29 is 36.4 Å². The van der Waals surface area contributed by atoms with Crippen molar-refractivity contribution in [1.29, 1.82) is 0 Å². The van der Waals surface area contributed by atoms with Crippen LogP contribution < -0.4 is 14.4 Å². The average molecular weight is 722 g/mol. The van der Waals surface area contributed by atoms with Crippen LogP contribution in [0, 0.1) is 11.8 Å². The molecule has 0 radical (unpaired) electrons. The molecule has 0 aromatic heterocycles. The number of allylic oxidation sites excluding steroid dienone is 1. The molecule has 1 fully saturated rings. The van der Waals surface area contributed by atoms with Gasteiger partial charge in [0.15, 0.2) is 0 Å². The maximum Gasteiger partial charge on any atom is 0.389 e. The Hall–Kier alpha value is -3.09. The van der Waals surface area contributed by atoms with E-state index in [0.29, 0.717) is 42.7 Å². The molecule has 2 aromatic carbocycles. The highest BCUT2D eigenvalue weighted by atomic mass is 35.5. The summed E-state index contributed by atoms with van der Waals surface area (Å²) in [5, 5.41) is 0.704. The molecule has 2 aromatic rings. The van der Waals surface area contributed by atoms with Crippen molar-refractivity contribution in [3.8, 4) is 5.75 Å². The van der Waals surface area contributed by atoms with E-state index in [4.69, 9.17) is 21.1 Å². The lowest BCUT2D eigenvalue weighted by molar-refractivity contribution is -0.137. The number of methoxy groups -OCH3 is 1. The third-order valence-corrected chi connectivity index (χ3v) is 12.5. The van der Waals surface area contributed by atoms with Crippen molar-refractivity contribution in [2.45, 2.75) is 81.9 Å². The Balaban J connectivity index is 1.37. The van der Waals surface area contributed by atoms with Crippen molar-refractivity contribution in [2.75, 3.05) is 37.5 Å². The Morgan fingerprint density at radius 3 is 2.80 bits per heavy atom. The molecule has 1 spiro atoms. The third kappa shape index (κ3) is 8.28. The predicted octanol–water partition coefficient (Wildman–Crippen LogP) is 7.58. The van der Waals surface area contributed by atoms with Crippen LogP contribution in [0.4, 0.5) is 18.9 Å². The van der Waals surface area contributed by atoms with Gasteiger partial charge >= 0.3 is 6.18 Å². The number of aryl methyl sites for hydroxylation is 1. The number of carbonyl (C=O) groups is 2. The van der Waals surface area contributed by atoms with E-state index in [0.717, 1.165) is 44.3 Å². The molecule has 49 heavy (non-hydrogen) atoms. The molecule has 8 nitrogen and oxygen atoms in total. The summed E-state index contributed by atoms with van der Waals surface area (Å²) in [5.74, 6) is -0.488. The van der Waals surface area contributed by atoms with Crippen LogP contribution in [0.25, 0.3) is 0 Å². The molecule has 2 bridgehead atoms. The molecular weight excluding hydrogens is 679 g/mol. The van der Waals surface area contributed by atoms with Gasteiger partial charge in [0.25, 0.3) is 5.91 Å². The standard InChI is InChI=1S/C36H43ClF3N3O5S/c1-47-31-8-3-2-4-18-49(46,41-33(44)9-6-17-36(38,39)40)42-34(45)25-11-15-32-30(20-25)43(21-26-10-13-28(26)31)22-35(23-48-32)16-5-7-24-19-27(37)12-14-29(24)35/h3,8,11-12,14-15,19-20,26,28,31H,2,4-7,9-10,13,16-18,21-23H2,1H3,(H,41,42,44,45,46)/b8-3+/t26-,28+,31-,35-,49?/m0/s1. The van der Waals surface area contributed by atoms with E-state index in [-0.39, 0.29) is 28.8 Å². The summed E-state index contributed by atoms with van der Waals surface area (Å²) in [6, 6.07) is 11.2. The van der Waals surface area contributed by atoms with E-state index in [9.17, 15) is 27.0 Å². The summed E-state index contributed by atoms with van der Waals surface area (Å²) >= 11 is 6.41. The van der Waals surface area contributed by atoms with Crippen LogP contribution in [-0.4, -0.2) is 60.9 Å². The highest BCUT2D eigenvalue weighted by Crippen LogP contribution is 2.47. The Morgan fingerprint density at radius 1 is 1.20 bits per heavy atom. The largest absolute Gasteiger partial charge is 0.490 e. The van der Waals surface area contributed by atoms with Gasteiger partial charge in [-0.15, -0.1) is 4.36 Å². The van der Waals surface area contributed by atoms with Crippen LogP contribution in [0.2, 0.25) is 5.02 Å². The minimum Gasteiger partial charge on any atom is -0.490 e. The van der Waals surface area contributed by atoms with Gasteiger partial charge in [0.2, 0.25) is 5.91 Å². The number of nitrogens with zero attached hydrogens (tertiary/aromatic N) is 2. The highest BCUT2D eigenvalue weighted by Gasteiger charge is 2.44. The molecule has 13 heteroatoms. The van der Waals surface area contributed by atoms with E-state index >= 15 is 0 Å². The molecule has 2 amide bonds. The Kier molecular flexibility index (Phi) is 10.7. The lowest BCUT2D eigenvalue weighted by Crippen LogP contribution is -2.49. The van der Waals surface area contributed by atoms with E-state index in [1.54, 1.807) is 25.3 Å². The summed E-state index contributed by atoms with van der Waals surface area (Å²) in [5.41, 5.74) is 3.06. The number of nitrogens with one attached hydrogen (secondary N) is 1. The number of fused-ring (bicyclic) bond motifs is 4. The zero-order valence-electron chi connectivity index (χ0n) is 27.6. The van der Waals surface area contributed by atoms with Crippen molar-refractivity contribution in [3.63, 3.8) is 0 Å². The van der Waals surface area contributed by atoms with Gasteiger partial charge in [0.05, 0.1) is 24.2 Å². The summed E-state index contributed by atoms with van der Waals surface area (Å²) in [7, 11) is -1.93. The van der Waals surface area contributed by atoms with Crippen LogP contribution in [0.3, 0.4) is 0 Å². The second kappa shape index (κ2) is 14.6. The topological polar surface area (TPSA) is 97.3 Å². The number of halogens is 4. The van der Waals surface area contributed by atoms with Crippen LogP contribution in [-0.2, 0) is 31.3 Å². The van der Waals surface area contributed by atoms with Gasteiger partial charge in [-0.3, -0.25) is 14.3 Å². The number of rotatable bonds is 5. The quantitative estimate of drug-likeness (QED) is 0.320. The van der Waals surface area contributed by atoms with Crippen LogP contribution in [0.5, 0.6) is 5.75 Å². The van der Waals surface area contributed by atoms with E-state index in [2.05, 4.69) is 20.1 Å². The molecular formula is C36H43ClF3N3O5S. The number of hydrogen-bond donors (Lipinski definition) is 1. The Morgan fingerprint density at radius 2 is 2.04 bits per heavy atom. The number of hydrogen-bond acceptors (Lipinski definition) is 6. The summed E-state index contributed by atoms with van der Waals surface area (Å²) in [6.07, 6.45) is 3.13. The van der Waals surface area contributed by atoms with Gasteiger partial charge in [0.1, 0.15) is 15.7 Å². The molecule has 6 rings (SSSR count). The fourth-order valence-electron chi connectivity index (χ4n) is 7.79. The second-order valence-corrected chi connectivity index (χ2v) is 16.3. The molecule has 1 unspecified atom stereocenters. The first kappa shape index (κ1) is 35.7. The van der Waals surface area contributed by atoms with Crippen LogP contribution >= 0.6 is 11.6 Å². The van der Waals surface area contributed by atoms with Crippen molar-refractivity contribution in [3.05, 3.63) is 70.3 Å². The molecule has 2 heterocycles. The average Bonchev–Trinajstić information content (AvgIpc) is 3.17. The molecule has 1 N–H and O–H groups in total. The number of carbonyl (C=O) groups excluding carboxylic acids is 2. The summed E-state index contributed by atoms with van der Waals surface area (Å²) in [6.45, 7) is 1.83. The molecule has 2 aliphatic heterocycles. The first-order chi connectivity index (χ1) is 23.4. The normalized spacial score (nSPS) is 29.4. The van der Waals surface area contributed by atoms with E-state index in [1.165, 1.54) is 11.1 Å². The second-order valence-electron chi connectivity index (χ2n) is 13.8. The van der Waals surface area contributed by atoms with Gasteiger partial charge in [-0.2, -0.15) is 13.2 Å². The van der Waals surface area contributed by atoms with Gasteiger partial charge in [0, 0.05) is 49.0 Å². The molecule has 266 valence electrons. The zero-order chi connectivity index (χ0) is 34.8. The van der Waals surface area contributed by atoms with Crippen LogP contribution in [0.15, 0.2) is 52.9 Å². The van der Waals surface area contributed by atoms with Crippen molar-refractivity contribution in [2.24, 2.45) is 16.2 Å². The van der Waals surface area contributed by atoms with Gasteiger partial charge in [-0.05, 0) is 105 Å². The predicted molar refractivity (Wildman–Crippen MR) is 183 cm³/mol. The first-order valence-electron chi connectivity index (χ1n) is 17.0. The van der Waals surface area contributed by atoms with E-state index in [1.807, 2.05) is 24.3 Å². The minimum absolute atomic E-state index is 0.115. The summed E-state index contributed by atoms with van der Waals surface area (Å²) < 4.78 is 70.9. The van der Waals surface area contributed by atoms with Crippen LogP contribution in [0.1, 0.15) is 79.3 Å². The zero-order valence-corrected chi connectivity index (χ0v) is 29.2. The minimum atomic E-state index is -4.41. The number of amides is 2. The SMILES string of the molecule is CO[C@H]1/C=C/CCCS(=O)(NC(=O)CCCC(F)(F)F)=NC(=O)c2ccc3c(c2)N(C[C@@H]2CC[C@H]21)C[C@@]1(CCCc2cc(Cl)ccc21)CO3. The summed E-state index contributed by atoms with van der Waals surface area (Å²) in [4.78, 5) is 28.6. The number of ether oxygens (including phenoxy) is 2. The smallest absolute Gasteiger partial charge is 0.389 e. The number of anilines is 1. The van der Waals surface area contributed by atoms with E-state index < -0.39 is 47.2 Å². The van der Waals surface area contributed by atoms with Gasteiger partial charge < -0.3 is 14.4 Å². The van der Waals surface area contributed by atoms with Gasteiger partial charge in [-0.1, -0.05) is 29.8 Å². The molecule has 4 aliphatic rings. The maximum absolute atomic E-state index is 14.0. The molecule has 0 saturated heterocycles. The highest BCUT2D eigenvalue weighted by molar-refractivity contribution is 7.92. The van der Waals surface area contributed by atoms with Gasteiger partial charge in [-0.25, -0.2) is 4.21 Å².